The third-order valence-corrected chi connectivity index (χ3v) is 3.52. The van der Waals surface area contributed by atoms with E-state index in [0.29, 0.717) is 18.0 Å². The minimum absolute atomic E-state index is 0.164. The van der Waals surface area contributed by atoms with Gasteiger partial charge in [-0.15, -0.1) is 0 Å². The molecule has 0 unspecified atom stereocenters. The fourth-order valence-corrected chi connectivity index (χ4v) is 2.22. The minimum atomic E-state index is -1.01. The van der Waals surface area contributed by atoms with Crippen molar-refractivity contribution in [3.63, 3.8) is 0 Å². The number of ether oxygens (including phenoxy) is 2. The fraction of sp³-hybridized carbons (Fsp3) is 0.429. The largest absolute Gasteiger partial charge is 0.497 e. The first kappa shape index (κ1) is 14.9. The lowest BCUT2D eigenvalue weighted by atomic mass is 9.91. The Kier molecular flexibility index (Phi) is 4.19. The Morgan fingerprint density at radius 2 is 2.19 bits per heavy atom. The molecule has 112 valence electrons. The average molecular weight is 291 g/mol. The standard InChI is InChI=1S/C14H17N3O4/c1-20-11-4-3-10(12(5-11)21-2)6-16-14(7-15)8-17(9-14)13(18)19/h3-5,16H,6,8-9H2,1-2H3,(H,18,19). The van der Waals surface area contributed by atoms with E-state index in [1.54, 1.807) is 20.3 Å². The third kappa shape index (κ3) is 3.01. The van der Waals surface area contributed by atoms with Gasteiger partial charge in [0, 0.05) is 18.2 Å². The molecule has 2 rings (SSSR count). The summed E-state index contributed by atoms with van der Waals surface area (Å²) in [6.45, 7) is 0.739. The average Bonchev–Trinajstić information content (AvgIpc) is 2.46. The number of carbonyl (C=O) groups is 1. The number of nitrogens with zero attached hydrogens (tertiary/aromatic N) is 2. The molecule has 0 radical (unpaired) electrons. The van der Waals surface area contributed by atoms with Crippen LogP contribution in [0.2, 0.25) is 0 Å². The molecule has 2 N–H and O–H groups in total. The molecule has 7 heteroatoms. The van der Waals surface area contributed by atoms with Gasteiger partial charge in [0.15, 0.2) is 0 Å². The fourth-order valence-electron chi connectivity index (χ4n) is 2.22. The molecule has 7 nitrogen and oxygen atoms in total. The van der Waals surface area contributed by atoms with E-state index in [1.807, 2.05) is 12.1 Å². The van der Waals surface area contributed by atoms with Crippen molar-refractivity contribution >= 4 is 6.09 Å². The summed E-state index contributed by atoms with van der Waals surface area (Å²) in [6.07, 6.45) is -1.01. The van der Waals surface area contributed by atoms with Crippen molar-refractivity contribution in [1.82, 2.24) is 10.2 Å². The highest BCUT2D eigenvalue weighted by Gasteiger charge is 2.45. The van der Waals surface area contributed by atoms with E-state index in [9.17, 15) is 10.1 Å². The summed E-state index contributed by atoms with van der Waals surface area (Å²) in [4.78, 5) is 12.0. The molecule has 0 aromatic heterocycles. The van der Waals surface area contributed by atoms with Crippen molar-refractivity contribution < 1.29 is 19.4 Å². The predicted molar refractivity (Wildman–Crippen MR) is 74.3 cm³/mol. The van der Waals surface area contributed by atoms with Crippen LogP contribution in [0.15, 0.2) is 18.2 Å². The van der Waals surface area contributed by atoms with Crippen LogP contribution in [0, 0.1) is 11.3 Å². The van der Waals surface area contributed by atoms with Crippen molar-refractivity contribution in [2.75, 3.05) is 27.3 Å². The van der Waals surface area contributed by atoms with Gasteiger partial charge < -0.3 is 19.5 Å². The van der Waals surface area contributed by atoms with Crippen LogP contribution in [-0.2, 0) is 6.54 Å². The van der Waals surface area contributed by atoms with Crippen LogP contribution < -0.4 is 14.8 Å². The van der Waals surface area contributed by atoms with E-state index in [0.717, 1.165) is 5.56 Å². The van der Waals surface area contributed by atoms with E-state index in [1.165, 1.54) is 4.90 Å². The zero-order valence-electron chi connectivity index (χ0n) is 11.9. The van der Waals surface area contributed by atoms with Crippen molar-refractivity contribution in [2.45, 2.75) is 12.1 Å². The highest BCUT2D eigenvalue weighted by atomic mass is 16.5. The normalized spacial score (nSPS) is 15.8. The number of nitriles is 1. The van der Waals surface area contributed by atoms with E-state index < -0.39 is 11.6 Å². The molecule has 1 aliphatic rings. The van der Waals surface area contributed by atoms with Crippen molar-refractivity contribution in [1.29, 1.82) is 5.26 Å². The molecular weight excluding hydrogens is 274 g/mol. The molecule has 1 aromatic rings. The smallest absolute Gasteiger partial charge is 0.407 e. The van der Waals surface area contributed by atoms with E-state index in [4.69, 9.17) is 14.6 Å². The molecule has 0 saturated carbocycles. The minimum Gasteiger partial charge on any atom is -0.497 e. The maximum atomic E-state index is 10.8. The summed E-state index contributed by atoms with van der Waals surface area (Å²) in [7, 11) is 3.14. The molecule has 1 saturated heterocycles. The Bertz CT molecular complexity index is 576. The van der Waals surface area contributed by atoms with Gasteiger partial charge in [-0.05, 0) is 6.07 Å². The lowest BCUT2D eigenvalue weighted by Crippen LogP contribution is -2.69. The maximum absolute atomic E-state index is 10.8. The first-order valence-electron chi connectivity index (χ1n) is 6.38. The van der Waals surface area contributed by atoms with Crippen LogP contribution in [0.3, 0.4) is 0 Å². The molecule has 1 fully saturated rings. The molecule has 21 heavy (non-hydrogen) atoms. The summed E-state index contributed by atoms with van der Waals surface area (Å²) >= 11 is 0. The number of hydrogen-bond acceptors (Lipinski definition) is 5. The Labute approximate surface area is 122 Å². The first-order valence-corrected chi connectivity index (χ1v) is 6.38. The molecule has 0 atom stereocenters. The number of benzene rings is 1. The molecule has 0 spiro atoms. The first-order chi connectivity index (χ1) is 10.0. The predicted octanol–water partition coefficient (Wildman–Crippen LogP) is 1.05. The SMILES string of the molecule is COc1ccc(CNC2(C#N)CN(C(=O)O)C2)c(OC)c1. The van der Waals surface area contributed by atoms with Gasteiger partial charge in [0.2, 0.25) is 0 Å². The zero-order chi connectivity index (χ0) is 15.5. The summed E-state index contributed by atoms with van der Waals surface area (Å²) in [6, 6.07) is 7.57. The molecule has 1 aromatic carbocycles. The molecular formula is C14H17N3O4. The summed E-state index contributed by atoms with van der Waals surface area (Å²) in [5.74, 6) is 1.34. The molecule has 0 aliphatic carbocycles. The second-order valence-corrected chi connectivity index (χ2v) is 4.86. The number of amides is 1. The van der Waals surface area contributed by atoms with Gasteiger partial charge in [-0.25, -0.2) is 4.79 Å². The van der Waals surface area contributed by atoms with Gasteiger partial charge in [-0.2, -0.15) is 5.26 Å². The van der Waals surface area contributed by atoms with Gasteiger partial charge in [0.25, 0.3) is 0 Å². The van der Waals surface area contributed by atoms with Crippen molar-refractivity contribution in [3.05, 3.63) is 23.8 Å². The quantitative estimate of drug-likeness (QED) is 0.842. The van der Waals surface area contributed by atoms with Gasteiger partial charge in [-0.1, -0.05) is 6.07 Å². The Balaban J connectivity index is 2.03. The number of nitrogens with one attached hydrogen (secondary N) is 1. The van der Waals surface area contributed by atoms with Crippen LogP contribution in [0.5, 0.6) is 11.5 Å². The monoisotopic (exact) mass is 291 g/mol. The lowest BCUT2D eigenvalue weighted by Gasteiger charge is -2.44. The molecule has 1 heterocycles. The number of hydrogen-bond donors (Lipinski definition) is 2. The Morgan fingerprint density at radius 1 is 1.48 bits per heavy atom. The Hall–Kier alpha value is -2.46. The second-order valence-electron chi connectivity index (χ2n) is 4.86. The Morgan fingerprint density at radius 3 is 2.71 bits per heavy atom. The van der Waals surface area contributed by atoms with Crippen LogP contribution in [0.25, 0.3) is 0 Å². The maximum Gasteiger partial charge on any atom is 0.407 e. The molecule has 0 bridgehead atoms. The van der Waals surface area contributed by atoms with E-state index in [-0.39, 0.29) is 13.1 Å². The van der Waals surface area contributed by atoms with Crippen LogP contribution in [-0.4, -0.2) is 48.9 Å². The topological polar surface area (TPSA) is 94.8 Å². The summed E-state index contributed by atoms with van der Waals surface area (Å²) < 4.78 is 10.4. The highest BCUT2D eigenvalue weighted by molar-refractivity contribution is 5.67. The van der Waals surface area contributed by atoms with Crippen molar-refractivity contribution in [3.8, 4) is 17.6 Å². The number of rotatable bonds is 5. The van der Waals surface area contributed by atoms with Crippen molar-refractivity contribution in [2.24, 2.45) is 0 Å². The van der Waals surface area contributed by atoms with Gasteiger partial charge in [0.05, 0.1) is 33.4 Å². The summed E-state index contributed by atoms with van der Waals surface area (Å²) in [5.41, 5.74) is 0.0465. The number of likely N-dealkylation sites (tertiary alicyclic amines) is 1. The number of methoxy groups -OCH3 is 2. The lowest BCUT2D eigenvalue weighted by molar-refractivity contribution is 0.0691. The highest BCUT2D eigenvalue weighted by Crippen LogP contribution is 2.26. The van der Waals surface area contributed by atoms with Gasteiger partial charge in [-0.3, -0.25) is 5.32 Å². The molecule has 1 aliphatic heterocycles. The van der Waals surface area contributed by atoms with E-state index in [2.05, 4.69) is 11.4 Å². The van der Waals surface area contributed by atoms with Gasteiger partial charge >= 0.3 is 6.09 Å². The summed E-state index contributed by atoms with van der Waals surface area (Å²) in [5, 5.41) is 21.2. The van der Waals surface area contributed by atoms with E-state index >= 15 is 0 Å². The second kappa shape index (κ2) is 5.89. The van der Waals surface area contributed by atoms with Crippen LogP contribution in [0.4, 0.5) is 4.79 Å². The van der Waals surface area contributed by atoms with Gasteiger partial charge in [0.1, 0.15) is 17.0 Å². The number of carboxylic acid groups (broad SMARTS) is 1. The molecule has 1 amide bonds. The zero-order valence-corrected chi connectivity index (χ0v) is 11.9. The van der Waals surface area contributed by atoms with Crippen LogP contribution in [0.1, 0.15) is 5.56 Å². The van der Waals surface area contributed by atoms with Crippen LogP contribution >= 0.6 is 0 Å². The third-order valence-electron chi connectivity index (χ3n) is 3.52.